The van der Waals surface area contributed by atoms with Gasteiger partial charge in [0.1, 0.15) is 6.61 Å². The third-order valence-corrected chi connectivity index (χ3v) is 6.68. The first-order valence-electron chi connectivity index (χ1n) is 10.7. The molecule has 0 bridgehead atoms. The van der Waals surface area contributed by atoms with Gasteiger partial charge in [0.05, 0.1) is 18.8 Å². The molecule has 3 fully saturated rings. The van der Waals surface area contributed by atoms with Crippen LogP contribution in [0.4, 0.5) is 0 Å². The maximum Gasteiger partial charge on any atom is 0.248 e. The highest BCUT2D eigenvalue weighted by atomic mass is 16.5. The smallest absolute Gasteiger partial charge is 0.248 e. The van der Waals surface area contributed by atoms with Crippen LogP contribution in [-0.4, -0.2) is 49.8 Å². The molecule has 0 N–H and O–H groups in total. The predicted molar refractivity (Wildman–Crippen MR) is 99.5 cm³/mol. The first-order chi connectivity index (χ1) is 12.3. The molecular weight excluding hydrogens is 314 g/mol. The van der Waals surface area contributed by atoms with Gasteiger partial charge >= 0.3 is 0 Å². The van der Waals surface area contributed by atoms with E-state index in [-0.39, 0.29) is 18.6 Å². The zero-order chi connectivity index (χ0) is 17.5. The second kappa shape index (κ2) is 9.91. The van der Waals surface area contributed by atoms with Crippen LogP contribution in [0.3, 0.4) is 0 Å². The summed E-state index contributed by atoms with van der Waals surface area (Å²) in [5.74, 6) is 2.05. The van der Waals surface area contributed by atoms with Crippen molar-refractivity contribution in [3.05, 3.63) is 0 Å². The highest BCUT2D eigenvalue weighted by Gasteiger charge is 2.30. The first kappa shape index (κ1) is 19.2. The Kier molecular flexibility index (Phi) is 7.60. The van der Waals surface area contributed by atoms with Crippen LogP contribution in [0.5, 0.6) is 0 Å². The maximum absolute atomic E-state index is 12.4. The highest BCUT2D eigenvalue weighted by Crippen LogP contribution is 2.35. The van der Waals surface area contributed by atoms with E-state index in [1.54, 1.807) is 7.11 Å². The van der Waals surface area contributed by atoms with Crippen LogP contribution >= 0.6 is 0 Å². The molecule has 1 heterocycles. The second-order valence-corrected chi connectivity index (χ2v) is 8.53. The lowest BCUT2D eigenvalue weighted by Crippen LogP contribution is -2.41. The van der Waals surface area contributed by atoms with Gasteiger partial charge < -0.3 is 14.4 Å². The summed E-state index contributed by atoms with van der Waals surface area (Å²) in [7, 11) is 1.71. The molecule has 0 radical (unpaired) electrons. The number of nitrogens with zero attached hydrogens (tertiary/aromatic N) is 1. The highest BCUT2D eigenvalue weighted by molar-refractivity contribution is 5.78. The average Bonchev–Trinajstić information content (AvgIpc) is 3.10. The third kappa shape index (κ3) is 5.68. The normalized spacial score (nSPS) is 31.4. The molecular formula is C21H37NO3. The summed E-state index contributed by atoms with van der Waals surface area (Å²) in [6.07, 6.45) is 16.1. The Balaban J connectivity index is 1.32. The zero-order valence-electron chi connectivity index (χ0n) is 16.1. The third-order valence-electron chi connectivity index (χ3n) is 6.68. The van der Waals surface area contributed by atoms with Crippen molar-refractivity contribution in [1.29, 1.82) is 0 Å². The number of hydrogen-bond donors (Lipinski definition) is 0. The fourth-order valence-electron chi connectivity index (χ4n) is 5.23. The Morgan fingerprint density at radius 2 is 1.64 bits per heavy atom. The van der Waals surface area contributed by atoms with Gasteiger partial charge in [-0.05, 0) is 56.8 Å². The van der Waals surface area contributed by atoms with Crippen LogP contribution < -0.4 is 0 Å². The van der Waals surface area contributed by atoms with Crippen LogP contribution in [-0.2, 0) is 14.3 Å². The summed E-state index contributed by atoms with van der Waals surface area (Å²) < 4.78 is 11.2. The van der Waals surface area contributed by atoms with Crippen molar-refractivity contribution < 1.29 is 14.3 Å². The fraction of sp³-hybridized carbons (Fsp3) is 0.952. The second-order valence-electron chi connectivity index (χ2n) is 8.53. The Hall–Kier alpha value is -0.610. The van der Waals surface area contributed by atoms with E-state index in [0.717, 1.165) is 44.1 Å². The zero-order valence-corrected chi connectivity index (χ0v) is 16.1. The molecule has 0 aromatic carbocycles. The van der Waals surface area contributed by atoms with Gasteiger partial charge in [-0.25, -0.2) is 0 Å². The van der Waals surface area contributed by atoms with E-state index in [1.165, 1.54) is 51.4 Å². The largest absolute Gasteiger partial charge is 0.383 e. The summed E-state index contributed by atoms with van der Waals surface area (Å²) in [6, 6.07) is 0.257. The molecule has 3 aliphatic rings. The molecule has 0 aromatic rings. The van der Waals surface area contributed by atoms with E-state index in [1.807, 2.05) is 4.90 Å². The quantitative estimate of drug-likeness (QED) is 0.691. The van der Waals surface area contributed by atoms with Gasteiger partial charge in [-0.1, -0.05) is 32.1 Å². The van der Waals surface area contributed by atoms with E-state index in [4.69, 9.17) is 9.47 Å². The van der Waals surface area contributed by atoms with Crippen molar-refractivity contribution in [2.45, 2.75) is 89.2 Å². The number of likely N-dealkylation sites (tertiary alicyclic amines) is 1. The van der Waals surface area contributed by atoms with Gasteiger partial charge in [0.2, 0.25) is 5.91 Å². The molecule has 1 amide bonds. The van der Waals surface area contributed by atoms with Crippen LogP contribution in [0, 0.1) is 11.8 Å². The standard InChI is InChI=1S/C21H37NO3/c1-24-15-19-8-5-13-22(19)21(23)16-25-20-11-9-18(10-12-20)14-17-6-3-2-4-7-17/h17-20H,2-16H2,1H3. The van der Waals surface area contributed by atoms with Crippen molar-refractivity contribution in [2.24, 2.45) is 11.8 Å². The lowest BCUT2D eigenvalue weighted by Gasteiger charge is -2.32. The van der Waals surface area contributed by atoms with E-state index < -0.39 is 0 Å². The molecule has 1 unspecified atom stereocenters. The number of rotatable bonds is 7. The molecule has 3 rings (SSSR count). The number of ether oxygens (including phenoxy) is 2. The van der Waals surface area contributed by atoms with E-state index >= 15 is 0 Å². The van der Waals surface area contributed by atoms with Crippen molar-refractivity contribution in [3.63, 3.8) is 0 Å². The molecule has 1 aliphatic heterocycles. The number of carbonyl (C=O) groups is 1. The van der Waals surface area contributed by atoms with E-state index in [2.05, 4.69) is 0 Å². The van der Waals surface area contributed by atoms with Crippen LogP contribution in [0.15, 0.2) is 0 Å². The Labute approximate surface area is 153 Å². The van der Waals surface area contributed by atoms with Gasteiger partial charge in [0.25, 0.3) is 0 Å². The van der Waals surface area contributed by atoms with Crippen LogP contribution in [0.1, 0.15) is 77.0 Å². The number of methoxy groups -OCH3 is 1. The Bertz CT molecular complexity index is 400. The molecule has 2 aliphatic carbocycles. The topological polar surface area (TPSA) is 38.8 Å². The molecule has 144 valence electrons. The number of carbonyl (C=O) groups excluding carboxylic acids is 1. The van der Waals surface area contributed by atoms with Crippen molar-refractivity contribution in [3.8, 4) is 0 Å². The van der Waals surface area contributed by atoms with E-state index in [0.29, 0.717) is 12.7 Å². The van der Waals surface area contributed by atoms with Crippen molar-refractivity contribution in [1.82, 2.24) is 4.90 Å². The average molecular weight is 352 g/mol. The summed E-state index contributed by atoms with van der Waals surface area (Å²) in [5.41, 5.74) is 0. The fourth-order valence-corrected chi connectivity index (χ4v) is 5.23. The molecule has 1 saturated heterocycles. The minimum absolute atomic E-state index is 0.156. The monoisotopic (exact) mass is 351 g/mol. The molecule has 0 spiro atoms. The summed E-state index contributed by atoms with van der Waals surface area (Å²) in [6.45, 7) is 1.78. The Morgan fingerprint density at radius 1 is 0.920 bits per heavy atom. The van der Waals surface area contributed by atoms with Gasteiger partial charge in [0.15, 0.2) is 0 Å². The summed E-state index contributed by atoms with van der Waals surface area (Å²) in [5, 5.41) is 0. The predicted octanol–water partition coefficient (Wildman–Crippen LogP) is 4.17. The van der Waals surface area contributed by atoms with Gasteiger partial charge in [-0.2, -0.15) is 0 Å². The van der Waals surface area contributed by atoms with Gasteiger partial charge in [-0.15, -0.1) is 0 Å². The summed E-state index contributed by atoms with van der Waals surface area (Å²) >= 11 is 0. The molecule has 4 heteroatoms. The van der Waals surface area contributed by atoms with Gasteiger partial charge in [-0.3, -0.25) is 4.79 Å². The number of hydrogen-bond acceptors (Lipinski definition) is 3. The molecule has 1 atom stereocenters. The lowest BCUT2D eigenvalue weighted by atomic mass is 9.77. The molecule has 2 saturated carbocycles. The molecule has 4 nitrogen and oxygen atoms in total. The van der Waals surface area contributed by atoms with Crippen LogP contribution in [0.25, 0.3) is 0 Å². The Morgan fingerprint density at radius 3 is 2.36 bits per heavy atom. The summed E-state index contributed by atoms with van der Waals surface area (Å²) in [4.78, 5) is 14.4. The minimum atomic E-state index is 0.156. The molecule has 25 heavy (non-hydrogen) atoms. The van der Waals surface area contributed by atoms with Crippen molar-refractivity contribution >= 4 is 5.91 Å². The van der Waals surface area contributed by atoms with E-state index in [9.17, 15) is 4.79 Å². The molecule has 0 aromatic heterocycles. The maximum atomic E-state index is 12.4. The minimum Gasteiger partial charge on any atom is -0.383 e. The van der Waals surface area contributed by atoms with Crippen LogP contribution in [0.2, 0.25) is 0 Å². The van der Waals surface area contributed by atoms with Gasteiger partial charge in [0, 0.05) is 13.7 Å². The number of amides is 1. The SMILES string of the molecule is COCC1CCCN1C(=O)COC1CCC(CC2CCCCC2)CC1. The van der Waals surface area contributed by atoms with Crippen molar-refractivity contribution in [2.75, 3.05) is 26.9 Å². The first-order valence-corrected chi connectivity index (χ1v) is 10.7. The lowest BCUT2D eigenvalue weighted by molar-refractivity contribution is -0.140.